The Hall–Kier alpha value is -1.90. The van der Waals surface area contributed by atoms with Crippen molar-refractivity contribution in [3.8, 4) is 0 Å². The van der Waals surface area contributed by atoms with Gasteiger partial charge in [-0.15, -0.1) is 0 Å². The summed E-state index contributed by atoms with van der Waals surface area (Å²) in [5.41, 5.74) is 4.76. The number of nitrogens with zero attached hydrogens (tertiary/aromatic N) is 2. The van der Waals surface area contributed by atoms with Crippen molar-refractivity contribution in [3.63, 3.8) is 0 Å². The van der Waals surface area contributed by atoms with E-state index in [1.54, 1.807) is 0 Å². The molecule has 0 bridgehead atoms. The Kier molecular flexibility index (Phi) is 4.08. The van der Waals surface area contributed by atoms with Crippen LogP contribution < -0.4 is 0 Å². The molecule has 148 valence electrons. The second kappa shape index (κ2) is 6.30. The van der Waals surface area contributed by atoms with Crippen molar-refractivity contribution in [1.82, 2.24) is 9.88 Å². The van der Waals surface area contributed by atoms with Crippen molar-refractivity contribution in [3.05, 3.63) is 47.8 Å². The third-order valence-electron chi connectivity index (χ3n) is 8.93. The third-order valence-corrected chi connectivity index (χ3v) is 8.93. The summed E-state index contributed by atoms with van der Waals surface area (Å²) in [7, 11) is 1.95. The van der Waals surface area contributed by atoms with Crippen molar-refractivity contribution in [2.75, 3.05) is 13.6 Å². The average Bonchev–Trinajstić information content (AvgIpc) is 3.00. The van der Waals surface area contributed by atoms with E-state index in [4.69, 9.17) is 0 Å². The number of hydrogen-bond acceptors (Lipinski definition) is 2. The molecule has 2 fully saturated rings. The standard InChI is InChI=1S/C25H32N2O/c1-24-12-14-27(3)23(28)15-18(24)6-7-19-21-9-8-20(17-5-4-13-26-16-17)25(21,2)11-10-22(19)24/h4-5,8,13,15-16,19,21-22H,6-7,9-12,14H2,1-3H3/t19-,21-,22?,24-,25+/m0/s1. The van der Waals surface area contributed by atoms with Crippen LogP contribution in [0.5, 0.6) is 0 Å². The first kappa shape index (κ1) is 18.1. The van der Waals surface area contributed by atoms with Crippen LogP contribution in [0.15, 0.2) is 42.3 Å². The SMILES string of the molecule is CN1CC[C@@]2(C)C(=CC1=O)CC[C@@H]1C2CC[C@]2(C)C(c3cccnc3)=CC[C@@H]12. The van der Waals surface area contributed by atoms with Crippen molar-refractivity contribution in [2.45, 2.75) is 52.4 Å². The van der Waals surface area contributed by atoms with E-state index >= 15 is 0 Å². The van der Waals surface area contributed by atoms with Gasteiger partial charge in [0.2, 0.25) is 5.91 Å². The molecular formula is C25H32N2O. The van der Waals surface area contributed by atoms with Gasteiger partial charge in [0.25, 0.3) is 0 Å². The van der Waals surface area contributed by atoms with Gasteiger partial charge in [0.05, 0.1) is 0 Å². The molecule has 0 aromatic carbocycles. The molecule has 3 nitrogen and oxygen atoms in total. The van der Waals surface area contributed by atoms with E-state index in [1.165, 1.54) is 42.4 Å². The summed E-state index contributed by atoms with van der Waals surface area (Å²) in [4.78, 5) is 18.7. The van der Waals surface area contributed by atoms with Crippen LogP contribution in [0, 0.1) is 28.6 Å². The highest BCUT2D eigenvalue weighted by Crippen LogP contribution is 2.66. The normalized spacial score (nSPS) is 40.0. The summed E-state index contributed by atoms with van der Waals surface area (Å²) in [5.74, 6) is 2.42. The summed E-state index contributed by atoms with van der Waals surface area (Å²) in [6.45, 7) is 5.87. The predicted octanol–water partition coefficient (Wildman–Crippen LogP) is 5.11. The summed E-state index contributed by atoms with van der Waals surface area (Å²) >= 11 is 0. The molecule has 1 aliphatic heterocycles. The lowest BCUT2D eigenvalue weighted by atomic mass is 9.47. The highest BCUT2D eigenvalue weighted by Gasteiger charge is 2.56. The minimum atomic E-state index is 0.196. The Bertz CT molecular complexity index is 857. The van der Waals surface area contributed by atoms with Crippen LogP contribution in [0.3, 0.4) is 0 Å². The van der Waals surface area contributed by atoms with Gasteiger partial charge in [0, 0.05) is 32.1 Å². The van der Waals surface area contributed by atoms with Crippen molar-refractivity contribution >= 4 is 11.5 Å². The Morgan fingerprint density at radius 2 is 2.00 bits per heavy atom. The van der Waals surface area contributed by atoms with Crippen LogP contribution in [-0.4, -0.2) is 29.4 Å². The predicted molar refractivity (Wildman–Crippen MR) is 112 cm³/mol. The maximum absolute atomic E-state index is 12.4. The number of fused-ring (bicyclic) bond motifs is 5. The van der Waals surface area contributed by atoms with Crippen LogP contribution in [-0.2, 0) is 4.79 Å². The molecule has 1 aromatic heterocycles. The summed E-state index contributed by atoms with van der Waals surface area (Å²) in [5, 5.41) is 0. The number of rotatable bonds is 1. The Morgan fingerprint density at radius 1 is 1.14 bits per heavy atom. The zero-order chi connectivity index (χ0) is 19.5. The van der Waals surface area contributed by atoms with Gasteiger partial charge >= 0.3 is 0 Å². The number of pyridine rings is 1. The molecule has 3 heteroatoms. The average molecular weight is 377 g/mol. The zero-order valence-corrected chi connectivity index (χ0v) is 17.4. The van der Waals surface area contributed by atoms with Crippen LogP contribution in [0.1, 0.15) is 57.9 Å². The number of carbonyl (C=O) groups excluding carboxylic acids is 1. The number of aromatic nitrogens is 1. The fourth-order valence-corrected chi connectivity index (χ4v) is 7.22. The number of amides is 1. The summed E-state index contributed by atoms with van der Waals surface area (Å²) in [6.07, 6.45) is 15.6. The van der Waals surface area contributed by atoms with Crippen molar-refractivity contribution in [2.24, 2.45) is 28.6 Å². The van der Waals surface area contributed by atoms with Gasteiger partial charge in [-0.25, -0.2) is 0 Å². The minimum Gasteiger partial charge on any atom is -0.342 e. The van der Waals surface area contributed by atoms with Gasteiger partial charge < -0.3 is 4.90 Å². The Morgan fingerprint density at radius 3 is 2.79 bits per heavy atom. The first-order chi connectivity index (χ1) is 13.4. The van der Waals surface area contributed by atoms with Crippen LogP contribution in [0.4, 0.5) is 0 Å². The van der Waals surface area contributed by atoms with E-state index in [1.807, 2.05) is 30.4 Å². The molecule has 1 unspecified atom stereocenters. The summed E-state index contributed by atoms with van der Waals surface area (Å²) < 4.78 is 0. The van der Waals surface area contributed by atoms with Gasteiger partial charge in [-0.05, 0) is 84.3 Å². The van der Waals surface area contributed by atoms with E-state index in [9.17, 15) is 4.79 Å². The maximum Gasteiger partial charge on any atom is 0.246 e. The van der Waals surface area contributed by atoms with Gasteiger partial charge in [0.1, 0.15) is 0 Å². The second-order valence-corrected chi connectivity index (χ2v) is 10.1. The fourth-order valence-electron chi connectivity index (χ4n) is 7.22. The smallest absolute Gasteiger partial charge is 0.246 e. The highest BCUT2D eigenvalue weighted by atomic mass is 16.2. The molecule has 0 saturated heterocycles. The second-order valence-electron chi connectivity index (χ2n) is 10.1. The van der Waals surface area contributed by atoms with Crippen LogP contribution in [0.2, 0.25) is 0 Å². The lowest BCUT2D eigenvalue weighted by Gasteiger charge is -2.57. The largest absolute Gasteiger partial charge is 0.342 e. The molecule has 0 radical (unpaired) electrons. The topological polar surface area (TPSA) is 33.2 Å². The molecule has 5 rings (SSSR count). The fraction of sp³-hybridized carbons (Fsp3) is 0.600. The third kappa shape index (κ3) is 2.47. The van der Waals surface area contributed by atoms with Gasteiger partial charge in [-0.2, -0.15) is 0 Å². The number of hydrogen-bond donors (Lipinski definition) is 0. The molecular weight excluding hydrogens is 344 g/mol. The first-order valence-corrected chi connectivity index (χ1v) is 11.0. The molecule has 0 spiro atoms. The van der Waals surface area contributed by atoms with Gasteiger partial charge in [0.15, 0.2) is 0 Å². The number of carbonyl (C=O) groups is 1. The van der Waals surface area contributed by atoms with Gasteiger partial charge in [-0.3, -0.25) is 9.78 Å². The Labute approximate surface area is 168 Å². The van der Waals surface area contributed by atoms with Gasteiger partial charge in [-0.1, -0.05) is 31.6 Å². The molecule has 1 amide bonds. The molecule has 4 aliphatic rings. The molecule has 1 aromatic rings. The Balaban J connectivity index is 1.47. The highest BCUT2D eigenvalue weighted by molar-refractivity contribution is 5.88. The molecule has 3 aliphatic carbocycles. The van der Waals surface area contributed by atoms with E-state index < -0.39 is 0 Å². The first-order valence-electron chi connectivity index (χ1n) is 11.0. The quantitative estimate of drug-likeness (QED) is 0.683. The lowest BCUT2D eigenvalue weighted by Crippen LogP contribution is -2.49. The van der Waals surface area contributed by atoms with Crippen LogP contribution in [0.25, 0.3) is 5.57 Å². The van der Waals surface area contributed by atoms with Crippen molar-refractivity contribution < 1.29 is 4.79 Å². The molecule has 0 N–H and O–H groups in total. The minimum absolute atomic E-state index is 0.196. The zero-order valence-electron chi connectivity index (χ0n) is 17.4. The number of allylic oxidation sites excluding steroid dienone is 3. The molecule has 2 heterocycles. The lowest BCUT2D eigenvalue weighted by molar-refractivity contribution is -0.124. The van der Waals surface area contributed by atoms with E-state index in [0.717, 1.165) is 31.2 Å². The molecule has 2 saturated carbocycles. The number of likely N-dealkylation sites (N-methyl/N-ethyl adjacent to an activating group) is 1. The molecule has 5 atom stereocenters. The van der Waals surface area contributed by atoms with E-state index in [0.29, 0.717) is 5.92 Å². The van der Waals surface area contributed by atoms with E-state index in [-0.39, 0.29) is 16.7 Å². The van der Waals surface area contributed by atoms with E-state index in [2.05, 4.69) is 37.0 Å². The summed E-state index contributed by atoms with van der Waals surface area (Å²) in [6, 6.07) is 4.30. The van der Waals surface area contributed by atoms with Crippen LogP contribution >= 0.6 is 0 Å². The monoisotopic (exact) mass is 376 g/mol. The molecule has 28 heavy (non-hydrogen) atoms. The maximum atomic E-state index is 12.4. The van der Waals surface area contributed by atoms with Crippen molar-refractivity contribution in [1.29, 1.82) is 0 Å².